The molecule has 0 bridgehead atoms. The van der Waals surface area contributed by atoms with Crippen molar-refractivity contribution in [2.45, 2.75) is 57.6 Å². The van der Waals surface area contributed by atoms with Gasteiger partial charge in [0.25, 0.3) is 0 Å². The lowest BCUT2D eigenvalue weighted by molar-refractivity contribution is -0.0883. The maximum absolute atomic E-state index is 6.13. The van der Waals surface area contributed by atoms with Crippen molar-refractivity contribution >= 4 is 11.6 Å². The zero-order valence-electron chi connectivity index (χ0n) is 12.6. The van der Waals surface area contributed by atoms with Crippen LogP contribution in [0.5, 0.6) is 0 Å². The Labute approximate surface area is 127 Å². The van der Waals surface area contributed by atoms with Gasteiger partial charge < -0.3 is 10.1 Å². The second kappa shape index (κ2) is 7.44. The summed E-state index contributed by atoms with van der Waals surface area (Å²) in [6, 6.07) is 8.52. The SMILES string of the molecule is CCCNC(Cc1cccc(Cl)c1)C1(C)CCCCO1. The molecule has 2 unspecified atom stereocenters. The van der Waals surface area contributed by atoms with Gasteiger partial charge >= 0.3 is 0 Å². The zero-order valence-corrected chi connectivity index (χ0v) is 13.4. The molecule has 1 saturated heterocycles. The van der Waals surface area contributed by atoms with Crippen LogP contribution in [0.3, 0.4) is 0 Å². The van der Waals surface area contributed by atoms with Crippen molar-refractivity contribution in [1.29, 1.82) is 0 Å². The second-order valence-corrected chi connectivity index (χ2v) is 6.40. The Hall–Kier alpha value is -0.570. The third kappa shape index (κ3) is 4.21. The average Bonchev–Trinajstić information content (AvgIpc) is 2.44. The number of hydrogen-bond donors (Lipinski definition) is 1. The standard InChI is InChI=1S/C17H26ClNO/c1-3-10-19-16(17(2)9-4-5-11-20-17)13-14-7-6-8-15(18)12-14/h6-8,12,16,19H,3-5,9-11,13H2,1-2H3. The molecule has 2 rings (SSSR count). The van der Waals surface area contributed by atoms with E-state index in [4.69, 9.17) is 16.3 Å². The van der Waals surface area contributed by atoms with Gasteiger partial charge in [-0.1, -0.05) is 30.7 Å². The molecule has 0 aromatic heterocycles. The second-order valence-electron chi connectivity index (χ2n) is 5.96. The van der Waals surface area contributed by atoms with Crippen LogP contribution < -0.4 is 5.32 Å². The Morgan fingerprint density at radius 1 is 1.40 bits per heavy atom. The molecule has 0 amide bonds. The fourth-order valence-electron chi connectivity index (χ4n) is 2.95. The molecule has 3 heteroatoms. The van der Waals surface area contributed by atoms with Gasteiger partial charge in [0.1, 0.15) is 0 Å². The fraction of sp³-hybridized carbons (Fsp3) is 0.647. The van der Waals surface area contributed by atoms with E-state index in [1.807, 2.05) is 12.1 Å². The molecule has 1 N–H and O–H groups in total. The molecule has 112 valence electrons. The van der Waals surface area contributed by atoms with Gasteiger partial charge in [0, 0.05) is 17.7 Å². The number of rotatable bonds is 6. The Bertz CT molecular complexity index is 415. The molecular weight excluding hydrogens is 270 g/mol. The number of halogens is 1. The van der Waals surface area contributed by atoms with Crippen molar-refractivity contribution in [3.63, 3.8) is 0 Å². The molecule has 0 saturated carbocycles. The summed E-state index contributed by atoms with van der Waals surface area (Å²) in [6.45, 7) is 6.37. The highest BCUT2D eigenvalue weighted by Crippen LogP contribution is 2.30. The van der Waals surface area contributed by atoms with Crippen LogP contribution in [0.1, 0.15) is 45.1 Å². The van der Waals surface area contributed by atoms with Gasteiger partial charge in [-0.2, -0.15) is 0 Å². The molecule has 0 spiro atoms. The molecule has 20 heavy (non-hydrogen) atoms. The molecule has 0 radical (unpaired) electrons. The monoisotopic (exact) mass is 295 g/mol. The Morgan fingerprint density at radius 2 is 2.25 bits per heavy atom. The molecule has 0 aliphatic carbocycles. The van der Waals surface area contributed by atoms with Crippen LogP contribution in [-0.4, -0.2) is 24.8 Å². The van der Waals surface area contributed by atoms with Gasteiger partial charge in [-0.25, -0.2) is 0 Å². The molecule has 1 aliphatic heterocycles. The van der Waals surface area contributed by atoms with Gasteiger partial charge in [0.05, 0.1) is 5.60 Å². The van der Waals surface area contributed by atoms with Crippen molar-refractivity contribution in [2.75, 3.05) is 13.2 Å². The average molecular weight is 296 g/mol. The smallest absolute Gasteiger partial charge is 0.0810 e. The number of ether oxygens (including phenoxy) is 1. The maximum Gasteiger partial charge on any atom is 0.0810 e. The van der Waals surface area contributed by atoms with Crippen molar-refractivity contribution < 1.29 is 4.74 Å². The first kappa shape index (κ1) is 15.8. The Kier molecular flexibility index (Phi) is 5.88. The van der Waals surface area contributed by atoms with E-state index in [2.05, 4.69) is 31.3 Å². The van der Waals surface area contributed by atoms with E-state index in [9.17, 15) is 0 Å². The minimum Gasteiger partial charge on any atom is -0.374 e. The molecular formula is C17H26ClNO. The van der Waals surface area contributed by atoms with Crippen molar-refractivity contribution in [3.05, 3.63) is 34.9 Å². The first-order valence-electron chi connectivity index (χ1n) is 7.76. The van der Waals surface area contributed by atoms with Gasteiger partial charge in [0.15, 0.2) is 0 Å². The topological polar surface area (TPSA) is 21.3 Å². The van der Waals surface area contributed by atoms with Crippen molar-refractivity contribution in [1.82, 2.24) is 5.32 Å². The predicted octanol–water partition coefficient (Wildman–Crippen LogP) is 4.21. The van der Waals surface area contributed by atoms with Gasteiger partial charge in [-0.3, -0.25) is 0 Å². The van der Waals surface area contributed by atoms with Crippen LogP contribution in [0.25, 0.3) is 0 Å². The molecule has 1 aromatic rings. The van der Waals surface area contributed by atoms with E-state index in [-0.39, 0.29) is 5.60 Å². The first-order chi connectivity index (χ1) is 9.64. The maximum atomic E-state index is 6.13. The largest absolute Gasteiger partial charge is 0.374 e. The quantitative estimate of drug-likeness (QED) is 0.849. The number of nitrogens with one attached hydrogen (secondary N) is 1. The van der Waals surface area contributed by atoms with Crippen LogP contribution in [0.2, 0.25) is 5.02 Å². The van der Waals surface area contributed by atoms with E-state index in [1.54, 1.807) is 0 Å². The van der Waals surface area contributed by atoms with Gasteiger partial charge in [-0.05, 0) is 63.3 Å². The number of benzene rings is 1. The highest BCUT2D eigenvalue weighted by molar-refractivity contribution is 6.30. The first-order valence-corrected chi connectivity index (χ1v) is 8.13. The molecule has 1 aliphatic rings. The zero-order chi connectivity index (χ0) is 14.4. The summed E-state index contributed by atoms with van der Waals surface area (Å²) in [5.41, 5.74) is 1.22. The highest BCUT2D eigenvalue weighted by atomic mass is 35.5. The van der Waals surface area contributed by atoms with E-state index >= 15 is 0 Å². The minimum atomic E-state index is -0.0598. The van der Waals surface area contributed by atoms with Crippen molar-refractivity contribution in [3.8, 4) is 0 Å². The lowest BCUT2D eigenvalue weighted by Gasteiger charge is -2.41. The van der Waals surface area contributed by atoms with Crippen LogP contribution in [0.15, 0.2) is 24.3 Å². The van der Waals surface area contributed by atoms with Crippen LogP contribution in [0, 0.1) is 0 Å². The summed E-state index contributed by atoms with van der Waals surface area (Å²) in [4.78, 5) is 0. The molecule has 2 nitrogen and oxygen atoms in total. The summed E-state index contributed by atoms with van der Waals surface area (Å²) in [6.07, 6.45) is 5.69. The molecule has 1 heterocycles. The van der Waals surface area contributed by atoms with Crippen LogP contribution >= 0.6 is 11.6 Å². The van der Waals surface area contributed by atoms with Crippen LogP contribution in [-0.2, 0) is 11.2 Å². The lowest BCUT2D eigenvalue weighted by Crippen LogP contribution is -2.53. The summed E-state index contributed by atoms with van der Waals surface area (Å²) < 4.78 is 6.13. The third-order valence-corrected chi connectivity index (χ3v) is 4.44. The normalized spacial score (nSPS) is 24.6. The highest BCUT2D eigenvalue weighted by Gasteiger charge is 2.36. The van der Waals surface area contributed by atoms with Crippen molar-refractivity contribution in [2.24, 2.45) is 0 Å². The molecule has 1 aromatic carbocycles. The molecule has 2 atom stereocenters. The summed E-state index contributed by atoms with van der Waals surface area (Å²) in [5, 5.41) is 4.49. The lowest BCUT2D eigenvalue weighted by atomic mass is 9.84. The van der Waals surface area contributed by atoms with Gasteiger partial charge in [-0.15, -0.1) is 0 Å². The van der Waals surface area contributed by atoms with E-state index < -0.39 is 0 Å². The van der Waals surface area contributed by atoms with E-state index in [0.717, 1.165) is 37.4 Å². The number of hydrogen-bond acceptors (Lipinski definition) is 2. The summed E-state index contributed by atoms with van der Waals surface area (Å²) >= 11 is 6.10. The Balaban J connectivity index is 2.10. The van der Waals surface area contributed by atoms with E-state index in [1.165, 1.54) is 18.4 Å². The van der Waals surface area contributed by atoms with Crippen LogP contribution in [0.4, 0.5) is 0 Å². The minimum absolute atomic E-state index is 0.0598. The van der Waals surface area contributed by atoms with E-state index in [0.29, 0.717) is 6.04 Å². The summed E-state index contributed by atoms with van der Waals surface area (Å²) in [7, 11) is 0. The predicted molar refractivity (Wildman–Crippen MR) is 85.4 cm³/mol. The van der Waals surface area contributed by atoms with Gasteiger partial charge in [0.2, 0.25) is 0 Å². The third-order valence-electron chi connectivity index (χ3n) is 4.21. The Morgan fingerprint density at radius 3 is 2.90 bits per heavy atom. The fourth-order valence-corrected chi connectivity index (χ4v) is 3.17. The summed E-state index contributed by atoms with van der Waals surface area (Å²) in [5.74, 6) is 0. The molecule has 1 fully saturated rings.